The lowest BCUT2D eigenvalue weighted by Gasteiger charge is -2.32. The molecule has 0 heterocycles. The van der Waals surface area contributed by atoms with Crippen molar-refractivity contribution in [2.45, 2.75) is 58.2 Å². The first-order valence-electron chi connectivity index (χ1n) is 13.3. The van der Waals surface area contributed by atoms with Crippen LogP contribution in [0.2, 0.25) is 5.02 Å². The Bertz CT molecular complexity index is 1370. The summed E-state index contributed by atoms with van der Waals surface area (Å²) in [4.78, 5) is 29.3. The number of rotatable bonds is 11. The summed E-state index contributed by atoms with van der Waals surface area (Å²) < 4.78 is 0. The van der Waals surface area contributed by atoms with Crippen LogP contribution >= 0.6 is 11.6 Å². The van der Waals surface area contributed by atoms with E-state index in [0.717, 1.165) is 33.9 Å². The third-order valence-corrected chi connectivity index (χ3v) is 7.43. The molecule has 1 N–H and O–H groups in total. The van der Waals surface area contributed by atoms with Gasteiger partial charge in [0.25, 0.3) is 0 Å². The SMILES string of the molecule is CC[C@@H](C)NC(=O)[C@@H](Cc1ccccc1)N(Cc1ccccc1Cl)C(=O)CCc1cccc2ccccc12. The van der Waals surface area contributed by atoms with Crippen LogP contribution in [0.25, 0.3) is 10.8 Å². The maximum atomic E-state index is 14.0. The normalized spacial score (nSPS) is 12.6. The molecule has 0 saturated carbocycles. The molecule has 4 aromatic rings. The molecule has 5 heteroatoms. The zero-order valence-corrected chi connectivity index (χ0v) is 22.8. The first-order chi connectivity index (χ1) is 18.5. The van der Waals surface area contributed by atoms with Crippen molar-refractivity contribution < 1.29 is 9.59 Å². The molecule has 2 amide bonds. The Hall–Kier alpha value is -3.63. The van der Waals surface area contributed by atoms with Gasteiger partial charge in [-0.25, -0.2) is 0 Å². The first-order valence-corrected chi connectivity index (χ1v) is 13.7. The number of hydrogen-bond acceptors (Lipinski definition) is 2. The molecule has 0 aliphatic carbocycles. The van der Waals surface area contributed by atoms with Crippen LogP contribution in [0.15, 0.2) is 97.1 Å². The number of nitrogens with zero attached hydrogens (tertiary/aromatic N) is 1. The van der Waals surface area contributed by atoms with Gasteiger partial charge in [0.15, 0.2) is 0 Å². The van der Waals surface area contributed by atoms with Crippen LogP contribution in [0.3, 0.4) is 0 Å². The van der Waals surface area contributed by atoms with E-state index in [1.165, 1.54) is 0 Å². The van der Waals surface area contributed by atoms with Gasteiger partial charge in [0, 0.05) is 30.5 Å². The van der Waals surface area contributed by atoms with E-state index in [-0.39, 0.29) is 24.4 Å². The molecule has 0 spiro atoms. The van der Waals surface area contributed by atoms with Crippen LogP contribution in [0.5, 0.6) is 0 Å². The number of hydrogen-bond donors (Lipinski definition) is 1. The standard InChI is InChI=1S/C33H35ClN2O2/c1-3-24(2)35-33(38)31(22-25-12-5-4-6-13-25)36(23-28-15-8-10-19-30(28)34)32(37)21-20-27-17-11-16-26-14-7-9-18-29(26)27/h4-19,24,31H,3,20-23H2,1-2H3,(H,35,38)/t24-,31-/m1/s1. The van der Waals surface area contributed by atoms with Crippen molar-refractivity contribution >= 4 is 34.2 Å². The van der Waals surface area contributed by atoms with Gasteiger partial charge in [-0.05, 0) is 53.3 Å². The number of benzene rings is 4. The van der Waals surface area contributed by atoms with Crippen molar-refractivity contribution in [3.63, 3.8) is 0 Å². The second-order valence-electron chi connectivity index (χ2n) is 9.77. The topological polar surface area (TPSA) is 49.4 Å². The number of carbonyl (C=O) groups excluding carboxylic acids is 2. The Morgan fingerprint density at radius 1 is 0.842 bits per heavy atom. The molecule has 0 fully saturated rings. The third-order valence-electron chi connectivity index (χ3n) is 7.06. The summed E-state index contributed by atoms with van der Waals surface area (Å²) in [5.41, 5.74) is 2.95. The van der Waals surface area contributed by atoms with Gasteiger partial charge in [0.05, 0.1) is 0 Å². The van der Waals surface area contributed by atoms with Crippen molar-refractivity contribution in [2.24, 2.45) is 0 Å². The van der Waals surface area contributed by atoms with Crippen molar-refractivity contribution in [3.8, 4) is 0 Å². The lowest BCUT2D eigenvalue weighted by molar-refractivity contribution is -0.141. The molecule has 0 aromatic heterocycles. The van der Waals surface area contributed by atoms with E-state index in [0.29, 0.717) is 24.3 Å². The number of aryl methyl sites for hydroxylation is 1. The summed E-state index contributed by atoms with van der Waals surface area (Å²) in [6.07, 6.45) is 2.11. The summed E-state index contributed by atoms with van der Waals surface area (Å²) in [6.45, 7) is 4.28. The van der Waals surface area contributed by atoms with E-state index in [1.807, 2.05) is 86.6 Å². The summed E-state index contributed by atoms with van der Waals surface area (Å²) in [6, 6.07) is 31.1. The predicted molar refractivity (Wildman–Crippen MR) is 156 cm³/mol. The fraction of sp³-hybridized carbons (Fsp3) is 0.273. The van der Waals surface area contributed by atoms with Crippen LogP contribution in [0, 0.1) is 0 Å². The molecular weight excluding hydrogens is 492 g/mol. The largest absolute Gasteiger partial charge is 0.352 e. The van der Waals surface area contributed by atoms with Crippen molar-refractivity contribution in [1.82, 2.24) is 10.2 Å². The molecule has 4 aromatic carbocycles. The van der Waals surface area contributed by atoms with Gasteiger partial charge in [-0.3, -0.25) is 9.59 Å². The van der Waals surface area contributed by atoms with Gasteiger partial charge in [-0.2, -0.15) is 0 Å². The molecular formula is C33H35ClN2O2. The summed E-state index contributed by atoms with van der Waals surface area (Å²) in [5, 5.41) is 6.00. The van der Waals surface area contributed by atoms with Crippen LogP contribution < -0.4 is 5.32 Å². The van der Waals surface area contributed by atoms with Crippen molar-refractivity contribution in [3.05, 3.63) is 119 Å². The second-order valence-corrected chi connectivity index (χ2v) is 10.2. The predicted octanol–water partition coefficient (Wildman–Crippen LogP) is 6.98. The fourth-order valence-corrected chi connectivity index (χ4v) is 4.90. The number of amides is 2. The highest BCUT2D eigenvalue weighted by atomic mass is 35.5. The quantitative estimate of drug-likeness (QED) is 0.229. The summed E-state index contributed by atoms with van der Waals surface area (Å²) in [5.74, 6) is -0.216. The van der Waals surface area contributed by atoms with Gasteiger partial charge >= 0.3 is 0 Å². The Kier molecular flexibility index (Phi) is 9.56. The highest BCUT2D eigenvalue weighted by Gasteiger charge is 2.31. The molecule has 196 valence electrons. The number of carbonyl (C=O) groups is 2. The third kappa shape index (κ3) is 7.02. The Balaban J connectivity index is 1.66. The van der Waals surface area contributed by atoms with E-state index in [4.69, 9.17) is 11.6 Å². The zero-order valence-electron chi connectivity index (χ0n) is 22.1. The van der Waals surface area contributed by atoms with Gasteiger partial charge in [0.1, 0.15) is 6.04 Å². The van der Waals surface area contributed by atoms with Gasteiger partial charge in [-0.15, -0.1) is 0 Å². The Labute approximate surface area is 230 Å². The maximum absolute atomic E-state index is 14.0. The number of halogens is 1. The first kappa shape index (κ1) is 27.4. The average molecular weight is 527 g/mol. The minimum absolute atomic E-state index is 0.00808. The van der Waals surface area contributed by atoms with Crippen LogP contribution in [0.1, 0.15) is 43.4 Å². The molecule has 0 unspecified atom stereocenters. The lowest BCUT2D eigenvalue weighted by atomic mass is 9.99. The molecule has 2 atom stereocenters. The highest BCUT2D eigenvalue weighted by molar-refractivity contribution is 6.31. The molecule has 0 saturated heterocycles. The van der Waals surface area contributed by atoms with Gasteiger partial charge in [0.2, 0.25) is 11.8 Å². The monoisotopic (exact) mass is 526 g/mol. The smallest absolute Gasteiger partial charge is 0.243 e. The zero-order chi connectivity index (χ0) is 26.9. The van der Waals surface area contributed by atoms with Crippen molar-refractivity contribution in [2.75, 3.05) is 0 Å². The van der Waals surface area contributed by atoms with E-state index < -0.39 is 6.04 Å². The molecule has 38 heavy (non-hydrogen) atoms. The van der Waals surface area contributed by atoms with Gasteiger partial charge < -0.3 is 10.2 Å². The minimum Gasteiger partial charge on any atom is -0.352 e. The molecule has 4 rings (SSSR count). The van der Waals surface area contributed by atoms with E-state index in [2.05, 4.69) is 29.6 Å². The van der Waals surface area contributed by atoms with E-state index in [9.17, 15) is 9.59 Å². The lowest BCUT2D eigenvalue weighted by Crippen LogP contribution is -2.52. The Morgan fingerprint density at radius 2 is 1.50 bits per heavy atom. The van der Waals surface area contributed by atoms with Gasteiger partial charge in [-0.1, -0.05) is 110 Å². The summed E-state index contributed by atoms with van der Waals surface area (Å²) >= 11 is 6.52. The number of fused-ring (bicyclic) bond motifs is 1. The highest BCUT2D eigenvalue weighted by Crippen LogP contribution is 2.23. The second kappa shape index (κ2) is 13.3. The van der Waals surface area contributed by atoms with Crippen LogP contribution in [0.4, 0.5) is 0 Å². The minimum atomic E-state index is -0.664. The summed E-state index contributed by atoms with van der Waals surface area (Å²) in [7, 11) is 0. The van der Waals surface area contributed by atoms with Crippen molar-refractivity contribution in [1.29, 1.82) is 0 Å². The Morgan fingerprint density at radius 3 is 2.26 bits per heavy atom. The van der Waals surface area contributed by atoms with E-state index in [1.54, 1.807) is 4.90 Å². The fourth-order valence-electron chi connectivity index (χ4n) is 4.70. The molecule has 0 bridgehead atoms. The molecule has 0 radical (unpaired) electrons. The van der Waals surface area contributed by atoms with Crippen LogP contribution in [-0.4, -0.2) is 28.8 Å². The van der Waals surface area contributed by atoms with Crippen LogP contribution in [-0.2, 0) is 29.0 Å². The molecule has 0 aliphatic rings. The van der Waals surface area contributed by atoms with E-state index >= 15 is 0 Å². The number of nitrogens with one attached hydrogen (secondary N) is 1. The average Bonchev–Trinajstić information content (AvgIpc) is 2.94. The molecule has 4 nitrogen and oxygen atoms in total. The molecule has 0 aliphatic heterocycles. The maximum Gasteiger partial charge on any atom is 0.243 e.